The van der Waals surface area contributed by atoms with Crippen LogP contribution in [0.5, 0.6) is 0 Å². The highest BCUT2D eigenvalue weighted by Crippen LogP contribution is 2.44. The topological polar surface area (TPSA) is 95.9 Å². The fourth-order valence-electron chi connectivity index (χ4n) is 4.90. The van der Waals surface area contributed by atoms with Gasteiger partial charge in [0.2, 0.25) is 5.91 Å². The van der Waals surface area contributed by atoms with Crippen molar-refractivity contribution in [3.63, 3.8) is 0 Å². The van der Waals surface area contributed by atoms with Gasteiger partial charge in [0.15, 0.2) is 0 Å². The predicted octanol–water partition coefficient (Wildman–Crippen LogP) is 4.50. The number of alkyl carbamates (subject to hydrolysis) is 1. The third-order valence-corrected chi connectivity index (χ3v) is 8.21. The summed E-state index contributed by atoms with van der Waals surface area (Å²) >= 11 is 1.93. The lowest BCUT2D eigenvalue weighted by Gasteiger charge is -2.33. The van der Waals surface area contributed by atoms with E-state index in [1.165, 1.54) is 0 Å². The van der Waals surface area contributed by atoms with E-state index >= 15 is 0 Å². The molecule has 1 atom stereocenters. The molecule has 1 aliphatic carbocycles. The third-order valence-electron chi connectivity index (χ3n) is 6.62. The van der Waals surface area contributed by atoms with Crippen LogP contribution in [-0.4, -0.2) is 64.7 Å². The normalized spacial score (nSPS) is 16.3. The Balaban J connectivity index is 1.36. The molecule has 2 N–H and O–H groups in total. The van der Waals surface area contributed by atoms with Crippen molar-refractivity contribution in [3.8, 4) is 11.1 Å². The van der Waals surface area contributed by atoms with E-state index in [0.717, 1.165) is 47.3 Å². The van der Waals surface area contributed by atoms with Gasteiger partial charge in [-0.15, -0.1) is 0 Å². The molecule has 35 heavy (non-hydrogen) atoms. The summed E-state index contributed by atoms with van der Waals surface area (Å²) in [6.45, 7) is 3.40. The molecule has 0 saturated carbocycles. The van der Waals surface area contributed by atoms with E-state index in [-0.39, 0.29) is 18.4 Å². The number of nitrogens with one attached hydrogen (secondary N) is 1. The highest BCUT2D eigenvalue weighted by atomic mass is 32.2. The molecule has 2 aliphatic rings. The van der Waals surface area contributed by atoms with E-state index < -0.39 is 24.5 Å². The molecule has 4 rings (SSSR count). The van der Waals surface area contributed by atoms with E-state index in [1.54, 1.807) is 4.90 Å². The average molecular weight is 497 g/mol. The largest absolute Gasteiger partial charge is 0.481 e. The van der Waals surface area contributed by atoms with Crippen molar-refractivity contribution in [2.45, 2.75) is 49.8 Å². The molecule has 0 aromatic heterocycles. The van der Waals surface area contributed by atoms with Gasteiger partial charge in [0.1, 0.15) is 12.6 Å². The van der Waals surface area contributed by atoms with Crippen molar-refractivity contribution in [1.82, 2.24) is 10.2 Å². The molecule has 1 aliphatic heterocycles. The number of benzene rings is 2. The van der Waals surface area contributed by atoms with Crippen molar-refractivity contribution >= 4 is 29.7 Å². The van der Waals surface area contributed by atoms with Gasteiger partial charge < -0.3 is 20.1 Å². The minimum Gasteiger partial charge on any atom is -0.481 e. The Bertz CT molecular complexity index is 1020. The number of hydrogen-bond acceptors (Lipinski definition) is 5. The van der Waals surface area contributed by atoms with Crippen molar-refractivity contribution < 1.29 is 24.2 Å². The summed E-state index contributed by atoms with van der Waals surface area (Å²) in [6, 6.07) is 14.9. The van der Waals surface area contributed by atoms with E-state index in [1.807, 2.05) is 48.2 Å². The highest BCUT2D eigenvalue weighted by Gasteiger charge is 2.33. The fourth-order valence-corrected chi connectivity index (χ4v) is 6.02. The SMILES string of the molecule is CCCSC1CCN(C(=O)C(CC(=O)O)NC(=O)OCC2c3ccccc3-c3ccccc32)CC1. The second kappa shape index (κ2) is 11.6. The second-order valence-corrected chi connectivity index (χ2v) is 10.4. The molecule has 0 bridgehead atoms. The van der Waals surface area contributed by atoms with Crippen molar-refractivity contribution in [1.29, 1.82) is 0 Å². The van der Waals surface area contributed by atoms with E-state index in [0.29, 0.717) is 18.3 Å². The summed E-state index contributed by atoms with van der Waals surface area (Å²) in [7, 11) is 0. The van der Waals surface area contributed by atoms with E-state index in [2.05, 4.69) is 24.4 Å². The number of ether oxygens (including phenoxy) is 1. The number of aliphatic carboxylic acids is 1. The van der Waals surface area contributed by atoms with Crippen LogP contribution in [-0.2, 0) is 14.3 Å². The van der Waals surface area contributed by atoms with Gasteiger partial charge in [0, 0.05) is 24.3 Å². The Morgan fingerprint density at radius 2 is 1.66 bits per heavy atom. The first-order valence-electron chi connectivity index (χ1n) is 12.2. The minimum absolute atomic E-state index is 0.105. The van der Waals surface area contributed by atoms with Crippen LogP contribution in [0.25, 0.3) is 11.1 Å². The zero-order valence-corrected chi connectivity index (χ0v) is 20.8. The molecule has 2 aromatic rings. The third kappa shape index (κ3) is 5.99. The van der Waals surface area contributed by atoms with Crippen LogP contribution in [0.4, 0.5) is 4.79 Å². The number of piperidine rings is 1. The lowest BCUT2D eigenvalue weighted by atomic mass is 9.98. The first-order valence-corrected chi connectivity index (χ1v) is 13.3. The van der Waals surface area contributed by atoms with Crippen LogP contribution in [0, 0.1) is 0 Å². The fraction of sp³-hybridized carbons (Fsp3) is 0.444. The van der Waals surface area contributed by atoms with Gasteiger partial charge in [0.25, 0.3) is 0 Å². The molecule has 2 amide bonds. The number of carboxylic acid groups (broad SMARTS) is 1. The molecule has 0 spiro atoms. The summed E-state index contributed by atoms with van der Waals surface area (Å²) in [5, 5.41) is 12.4. The van der Waals surface area contributed by atoms with Gasteiger partial charge in [-0.3, -0.25) is 9.59 Å². The molecule has 2 aromatic carbocycles. The Labute approximate surface area is 210 Å². The van der Waals surface area contributed by atoms with Crippen molar-refractivity contribution in [2.75, 3.05) is 25.4 Å². The maximum atomic E-state index is 13.1. The van der Waals surface area contributed by atoms with Gasteiger partial charge in [-0.05, 0) is 47.3 Å². The highest BCUT2D eigenvalue weighted by molar-refractivity contribution is 7.99. The van der Waals surface area contributed by atoms with Crippen LogP contribution in [0.15, 0.2) is 48.5 Å². The number of hydrogen-bond donors (Lipinski definition) is 2. The van der Waals surface area contributed by atoms with Crippen LogP contribution in [0.1, 0.15) is 49.7 Å². The number of carboxylic acids is 1. The molecular weight excluding hydrogens is 464 g/mol. The molecule has 1 unspecified atom stereocenters. The molecule has 186 valence electrons. The van der Waals surface area contributed by atoms with Gasteiger partial charge in [0.05, 0.1) is 6.42 Å². The molecule has 1 fully saturated rings. The number of rotatable bonds is 9. The molecule has 1 saturated heterocycles. The molecular formula is C27H32N2O5S. The number of carbonyl (C=O) groups excluding carboxylic acids is 2. The van der Waals surface area contributed by atoms with Gasteiger partial charge in [-0.2, -0.15) is 11.8 Å². The standard InChI is InChI=1S/C27H32N2O5S/c1-2-15-35-18-11-13-29(14-12-18)26(32)24(16-25(30)31)28-27(33)34-17-23-21-9-5-3-7-19(21)20-8-4-6-10-22(20)23/h3-10,18,23-24H,2,11-17H2,1H3,(H,28,33)(H,30,31). The molecule has 7 nitrogen and oxygen atoms in total. The molecule has 1 heterocycles. The monoisotopic (exact) mass is 496 g/mol. The zero-order valence-electron chi connectivity index (χ0n) is 19.9. The Kier molecular flexibility index (Phi) is 8.33. The predicted molar refractivity (Wildman–Crippen MR) is 137 cm³/mol. The van der Waals surface area contributed by atoms with Crippen LogP contribution in [0.3, 0.4) is 0 Å². The first-order chi connectivity index (χ1) is 17.0. The lowest BCUT2D eigenvalue weighted by molar-refractivity contribution is -0.142. The van der Waals surface area contributed by atoms with Crippen LogP contribution >= 0.6 is 11.8 Å². The zero-order chi connectivity index (χ0) is 24.8. The summed E-state index contributed by atoms with van der Waals surface area (Å²) in [4.78, 5) is 38.8. The number of nitrogens with zero attached hydrogens (tertiary/aromatic N) is 1. The Morgan fingerprint density at radius 3 is 2.23 bits per heavy atom. The number of amides is 2. The van der Waals surface area contributed by atoms with Crippen LogP contribution in [0.2, 0.25) is 0 Å². The quantitative estimate of drug-likeness (QED) is 0.531. The Hall–Kier alpha value is -3.00. The summed E-state index contributed by atoms with van der Waals surface area (Å²) in [5.74, 6) is -0.513. The van der Waals surface area contributed by atoms with Gasteiger partial charge in [-0.1, -0.05) is 55.5 Å². The second-order valence-electron chi connectivity index (χ2n) is 9.02. The van der Waals surface area contributed by atoms with Crippen molar-refractivity contribution in [3.05, 3.63) is 59.7 Å². The number of carbonyl (C=O) groups is 3. The van der Waals surface area contributed by atoms with Crippen LogP contribution < -0.4 is 5.32 Å². The maximum Gasteiger partial charge on any atom is 0.407 e. The van der Waals surface area contributed by atoms with Gasteiger partial charge in [-0.25, -0.2) is 4.79 Å². The molecule has 0 radical (unpaired) electrons. The first kappa shape index (κ1) is 25.1. The summed E-state index contributed by atoms with van der Waals surface area (Å²) in [6.07, 6.45) is 1.62. The molecule has 8 heteroatoms. The summed E-state index contributed by atoms with van der Waals surface area (Å²) in [5.41, 5.74) is 4.42. The number of thioether (sulfide) groups is 1. The van der Waals surface area contributed by atoms with Crippen molar-refractivity contribution in [2.24, 2.45) is 0 Å². The van der Waals surface area contributed by atoms with Gasteiger partial charge >= 0.3 is 12.1 Å². The smallest absolute Gasteiger partial charge is 0.407 e. The number of likely N-dealkylation sites (tertiary alicyclic amines) is 1. The Morgan fingerprint density at radius 1 is 1.06 bits per heavy atom. The maximum absolute atomic E-state index is 13.1. The average Bonchev–Trinajstić information content (AvgIpc) is 3.19. The summed E-state index contributed by atoms with van der Waals surface area (Å²) < 4.78 is 5.53. The van der Waals surface area contributed by atoms with E-state index in [9.17, 15) is 19.5 Å². The van der Waals surface area contributed by atoms with E-state index in [4.69, 9.17) is 4.74 Å². The lowest BCUT2D eigenvalue weighted by Crippen LogP contribution is -2.52. The number of fused-ring (bicyclic) bond motifs is 3. The minimum atomic E-state index is -1.15.